The number of fused-ring (bicyclic) bond motifs is 6. The van der Waals surface area contributed by atoms with E-state index >= 15 is 0 Å². The Hall–Kier alpha value is -3.32. The predicted octanol–water partition coefficient (Wildman–Crippen LogP) is 6.85. The van der Waals surface area contributed by atoms with Gasteiger partial charge in [-0.15, -0.1) is 0 Å². The van der Waals surface area contributed by atoms with Crippen molar-refractivity contribution in [3.8, 4) is 11.1 Å². The van der Waals surface area contributed by atoms with E-state index in [9.17, 15) is 0 Å². The van der Waals surface area contributed by atoms with E-state index in [4.69, 9.17) is 4.42 Å². The average Bonchev–Trinajstić information content (AvgIpc) is 3.27. The highest BCUT2D eigenvalue weighted by Crippen LogP contribution is 2.37. The minimum Gasteiger partial charge on any atom is -0.456 e. The zero-order valence-corrected chi connectivity index (χ0v) is 14.2. The Labute approximate surface area is 152 Å². The molecule has 123 valence electrons. The van der Waals surface area contributed by atoms with E-state index in [1.807, 2.05) is 36.4 Å². The Morgan fingerprint density at radius 1 is 0.423 bits per heavy atom. The summed E-state index contributed by atoms with van der Waals surface area (Å²) in [4.78, 5) is 0. The van der Waals surface area contributed by atoms with Crippen LogP contribution >= 0.6 is 0 Å². The number of para-hydroxylation sites is 2. The molecule has 0 fully saturated rings. The number of hydrogen-bond donors (Lipinski definition) is 0. The third-order valence-corrected chi connectivity index (χ3v) is 4.81. The number of rotatable bonds is 0. The fourth-order valence-corrected chi connectivity index (χ4v) is 3.58. The summed E-state index contributed by atoms with van der Waals surface area (Å²) in [6.45, 7) is 0. The summed E-state index contributed by atoms with van der Waals surface area (Å²) >= 11 is 0. The van der Waals surface area contributed by atoms with Gasteiger partial charge >= 0.3 is 0 Å². The van der Waals surface area contributed by atoms with Gasteiger partial charge < -0.3 is 4.42 Å². The van der Waals surface area contributed by atoms with Crippen LogP contribution in [0.4, 0.5) is 0 Å². The molecule has 1 aliphatic carbocycles. The average molecular weight is 333 g/mol. The summed E-state index contributed by atoms with van der Waals surface area (Å²) in [5.41, 5.74) is 7.32. The fourth-order valence-electron chi connectivity index (χ4n) is 3.58. The molecule has 26 heavy (non-hydrogen) atoms. The predicted molar refractivity (Wildman–Crippen MR) is 108 cm³/mol. The van der Waals surface area contributed by atoms with Gasteiger partial charge in [0, 0.05) is 17.2 Å². The normalized spacial score (nSPS) is 11.7. The lowest BCUT2D eigenvalue weighted by atomic mass is 10.1. The SMILES string of the molecule is [CH]1c2ccccc2-c2ccccc21.c1ccc2c(c1)oc1ccccc12. The third-order valence-electron chi connectivity index (χ3n) is 4.81. The van der Waals surface area contributed by atoms with Gasteiger partial charge in [0.2, 0.25) is 0 Å². The molecule has 0 spiro atoms. The summed E-state index contributed by atoms with van der Waals surface area (Å²) in [5.74, 6) is 0. The van der Waals surface area contributed by atoms with Crippen LogP contribution in [0.3, 0.4) is 0 Å². The van der Waals surface area contributed by atoms with Gasteiger partial charge in [-0.05, 0) is 34.4 Å². The third kappa shape index (κ3) is 2.49. The molecule has 0 saturated heterocycles. The van der Waals surface area contributed by atoms with Crippen molar-refractivity contribution >= 4 is 21.9 Å². The van der Waals surface area contributed by atoms with Crippen molar-refractivity contribution < 1.29 is 4.42 Å². The van der Waals surface area contributed by atoms with Crippen LogP contribution in [0.5, 0.6) is 0 Å². The van der Waals surface area contributed by atoms with Gasteiger partial charge in [-0.3, -0.25) is 0 Å². The summed E-state index contributed by atoms with van der Waals surface area (Å²) in [7, 11) is 0. The molecule has 0 N–H and O–H groups in total. The minimum absolute atomic E-state index is 0.962. The molecule has 4 aromatic carbocycles. The first kappa shape index (κ1) is 15.0. The van der Waals surface area contributed by atoms with Crippen LogP contribution < -0.4 is 0 Å². The molecule has 1 aromatic heterocycles. The first-order valence-corrected chi connectivity index (χ1v) is 8.79. The maximum atomic E-state index is 5.65. The number of benzene rings is 4. The molecule has 0 amide bonds. The summed E-state index contributed by atoms with van der Waals surface area (Å²) in [5, 5.41) is 2.39. The molecule has 0 bridgehead atoms. The monoisotopic (exact) mass is 333 g/mol. The number of hydrogen-bond acceptors (Lipinski definition) is 1. The van der Waals surface area contributed by atoms with E-state index in [0.717, 1.165) is 11.2 Å². The maximum Gasteiger partial charge on any atom is 0.135 e. The molecule has 0 aliphatic heterocycles. The van der Waals surface area contributed by atoms with Gasteiger partial charge in [-0.25, -0.2) is 0 Å². The van der Waals surface area contributed by atoms with E-state index in [0.29, 0.717) is 0 Å². The lowest BCUT2D eigenvalue weighted by Gasteiger charge is -1.97. The van der Waals surface area contributed by atoms with Gasteiger partial charge in [0.1, 0.15) is 11.2 Å². The molecule has 1 heteroatoms. The Bertz CT molecular complexity index is 1120. The smallest absolute Gasteiger partial charge is 0.135 e. The van der Waals surface area contributed by atoms with Crippen molar-refractivity contribution in [2.75, 3.05) is 0 Å². The Balaban J connectivity index is 0.000000115. The van der Waals surface area contributed by atoms with Gasteiger partial charge in [-0.2, -0.15) is 0 Å². The van der Waals surface area contributed by atoms with Crippen molar-refractivity contribution in [3.05, 3.63) is 115 Å². The molecule has 6 rings (SSSR count). The molecule has 1 heterocycles. The van der Waals surface area contributed by atoms with Crippen LogP contribution in [0.15, 0.2) is 101 Å². The lowest BCUT2D eigenvalue weighted by Crippen LogP contribution is -1.74. The second kappa shape index (κ2) is 6.20. The Kier molecular flexibility index (Phi) is 3.57. The first-order valence-electron chi connectivity index (χ1n) is 8.79. The van der Waals surface area contributed by atoms with Crippen LogP contribution in [-0.4, -0.2) is 0 Å². The number of furan rings is 1. The molecule has 5 aromatic rings. The van der Waals surface area contributed by atoms with E-state index < -0.39 is 0 Å². The van der Waals surface area contributed by atoms with E-state index in [-0.39, 0.29) is 0 Å². The van der Waals surface area contributed by atoms with E-state index in [1.165, 1.54) is 33.0 Å². The molecule has 0 saturated carbocycles. The highest BCUT2D eigenvalue weighted by atomic mass is 16.3. The van der Waals surface area contributed by atoms with Crippen molar-refractivity contribution in [1.29, 1.82) is 0 Å². The standard InChI is InChI=1S/C13H9.C12H8O/c1-3-7-12-10(5-1)9-11-6-2-4-8-13(11)12;1-3-7-11-9(5-1)10-6-2-4-8-12(10)13-11/h1-9H;1-8H. The largest absolute Gasteiger partial charge is 0.456 e. The summed E-state index contributed by atoms with van der Waals surface area (Å²) in [6.07, 6.45) is 2.24. The van der Waals surface area contributed by atoms with Crippen LogP contribution in [-0.2, 0) is 0 Å². The molecule has 0 atom stereocenters. The molecule has 0 unspecified atom stereocenters. The summed E-state index contributed by atoms with van der Waals surface area (Å²) in [6, 6.07) is 33.2. The minimum atomic E-state index is 0.962. The molecule has 1 nitrogen and oxygen atoms in total. The Morgan fingerprint density at radius 3 is 1.38 bits per heavy atom. The maximum absolute atomic E-state index is 5.65. The molecular weight excluding hydrogens is 316 g/mol. The first-order chi connectivity index (χ1) is 12.9. The summed E-state index contributed by atoms with van der Waals surface area (Å²) < 4.78 is 5.65. The topological polar surface area (TPSA) is 13.1 Å². The zero-order valence-electron chi connectivity index (χ0n) is 14.2. The van der Waals surface area contributed by atoms with Crippen molar-refractivity contribution in [3.63, 3.8) is 0 Å². The van der Waals surface area contributed by atoms with Gasteiger partial charge in [-0.1, -0.05) is 84.9 Å². The highest BCUT2D eigenvalue weighted by Gasteiger charge is 2.16. The van der Waals surface area contributed by atoms with Crippen molar-refractivity contribution in [1.82, 2.24) is 0 Å². The van der Waals surface area contributed by atoms with Crippen LogP contribution in [0, 0.1) is 6.42 Å². The Morgan fingerprint density at radius 2 is 0.846 bits per heavy atom. The van der Waals surface area contributed by atoms with E-state index in [2.05, 4.69) is 67.1 Å². The zero-order chi connectivity index (χ0) is 17.3. The second-order valence-corrected chi connectivity index (χ2v) is 6.41. The lowest BCUT2D eigenvalue weighted by molar-refractivity contribution is 0.669. The van der Waals surface area contributed by atoms with Gasteiger partial charge in [0.15, 0.2) is 0 Å². The highest BCUT2D eigenvalue weighted by molar-refractivity contribution is 6.04. The van der Waals surface area contributed by atoms with E-state index in [1.54, 1.807) is 0 Å². The van der Waals surface area contributed by atoms with Crippen molar-refractivity contribution in [2.45, 2.75) is 0 Å². The molecule has 1 radical (unpaired) electrons. The van der Waals surface area contributed by atoms with Gasteiger partial charge in [0.25, 0.3) is 0 Å². The van der Waals surface area contributed by atoms with Crippen LogP contribution in [0.25, 0.3) is 33.1 Å². The van der Waals surface area contributed by atoms with Crippen LogP contribution in [0.2, 0.25) is 0 Å². The van der Waals surface area contributed by atoms with Crippen LogP contribution in [0.1, 0.15) is 11.1 Å². The quantitative estimate of drug-likeness (QED) is 0.296. The molecule has 1 aliphatic rings. The van der Waals surface area contributed by atoms with Gasteiger partial charge in [0.05, 0.1) is 0 Å². The second-order valence-electron chi connectivity index (χ2n) is 6.41. The van der Waals surface area contributed by atoms with Crippen molar-refractivity contribution in [2.24, 2.45) is 0 Å². The fraction of sp³-hybridized carbons (Fsp3) is 0. The molecular formula is C25H17O.